The predicted octanol–water partition coefficient (Wildman–Crippen LogP) is 3.49. The van der Waals surface area contributed by atoms with Crippen LogP contribution in [0.15, 0.2) is 31.9 Å². The number of furan rings is 1. The standard InChI is InChI=1S/C11H12Br2N2O2/c1-2-5-15-10(7(12)6-14-15)11(16)8-3-4-9(13)17-8/h3-4,6,11,16H,2,5H2,1H3. The normalized spacial score (nSPS) is 12.9. The third kappa shape index (κ3) is 2.64. The molecular formula is C11H12Br2N2O2. The van der Waals surface area contributed by atoms with Crippen LogP contribution in [0.1, 0.15) is 30.9 Å². The molecule has 0 aliphatic heterocycles. The van der Waals surface area contributed by atoms with E-state index >= 15 is 0 Å². The maximum Gasteiger partial charge on any atom is 0.169 e. The zero-order chi connectivity index (χ0) is 12.4. The Bertz CT molecular complexity index is 507. The van der Waals surface area contributed by atoms with Crippen molar-refractivity contribution in [2.75, 3.05) is 0 Å². The maximum absolute atomic E-state index is 10.3. The molecule has 6 heteroatoms. The molecule has 4 nitrogen and oxygen atoms in total. The van der Waals surface area contributed by atoms with E-state index in [2.05, 4.69) is 43.9 Å². The van der Waals surface area contributed by atoms with Gasteiger partial charge >= 0.3 is 0 Å². The van der Waals surface area contributed by atoms with E-state index in [9.17, 15) is 5.11 Å². The Morgan fingerprint density at radius 3 is 2.82 bits per heavy atom. The van der Waals surface area contributed by atoms with Gasteiger partial charge in [-0.25, -0.2) is 0 Å². The highest BCUT2D eigenvalue weighted by atomic mass is 79.9. The van der Waals surface area contributed by atoms with Crippen LogP contribution in [0.4, 0.5) is 0 Å². The molecule has 1 atom stereocenters. The van der Waals surface area contributed by atoms with Crippen molar-refractivity contribution in [1.29, 1.82) is 0 Å². The van der Waals surface area contributed by atoms with Crippen molar-refractivity contribution in [2.24, 2.45) is 0 Å². The highest BCUT2D eigenvalue weighted by Crippen LogP contribution is 2.30. The number of aliphatic hydroxyl groups excluding tert-OH is 1. The van der Waals surface area contributed by atoms with Crippen molar-refractivity contribution in [1.82, 2.24) is 9.78 Å². The van der Waals surface area contributed by atoms with Gasteiger partial charge in [-0.15, -0.1) is 0 Å². The summed E-state index contributed by atoms with van der Waals surface area (Å²) in [4.78, 5) is 0. The van der Waals surface area contributed by atoms with Crippen LogP contribution < -0.4 is 0 Å². The summed E-state index contributed by atoms with van der Waals surface area (Å²) in [7, 11) is 0. The molecule has 0 aliphatic carbocycles. The number of halogens is 2. The second-order valence-electron chi connectivity index (χ2n) is 3.65. The molecule has 17 heavy (non-hydrogen) atoms. The molecule has 0 amide bonds. The lowest BCUT2D eigenvalue weighted by molar-refractivity contribution is 0.176. The van der Waals surface area contributed by atoms with Gasteiger partial charge in [0.25, 0.3) is 0 Å². The summed E-state index contributed by atoms with van der Waals surface area (Å²) in [6, 6.07) is 3.50. The molecule has 0 saturated carbocycles. The van der Waals surface area contributed by atoms with Crippen molar-refractivity contribution in [3.05, 3.63) is 38.9 Å². The predicted molar refractivity (Wildman–Crippen MR) is 70.7 cm³/mol. The number of hydrogen-bond donors (Lipinski definition) is 1. The Morgan fingerprint density at radius 1 is 1.47 bits per heavy atom. The van der Waals surface area contributed by atoms with Gasteiger partial charge in [0.15, 0.2) is 10.8 Å². The average molecular weight is 364 g/mol. The highest BCUT2D eigenvalue weighted by molar-refractivity contribution is 9.10. The van der Waals surface area contributed by atoms with Crippen LogP contribution in [0.25, 0.3) is 0 Å². The molecule has 0 aromatic carbocycles. The first-order valence-electron chi connectivity index (χ1n) is 5.28. The van der Waals surface area contributed by atoms with Crippen LogP contribution in [-0.2, 0) is 6.54 Å². The number of hydrogen-bond acceptors (Lipinski definition) is 3. The molecule has 1 unspecified atom stereocenters. The molecule has 0 radical (unpaired) electrons. The number of aliphatic hydroxyl groups is 1. The molecule has 2 heterocycles. The minimum Gasteiger partial charge on any atom is -0.451 e. The van der Waals surface area contributed by atoms with Gasteiger partial charge in [0, 0.05) is 6.54 Å². The molecule has 0 saturated heterocycles. The van der Waals surface area contributed by atoms with Gasteiger partial charge in [-0.2, -0.15) is 5.10 Å². The SMILES string of the molecule is CCCn1ncc(Br)c1C(O)c1ccc(Br)o1. The van der Waals surface area contributed by atoms with Gasteiger partial charge in [0.1, 0.15) is 5.76 Å². The summed E-state index contributed by atoms with van der Waals surface area (Å²) < 4.78 is 8.53. The van der Waals surface area contributed by atoms with E-state index < -0.39 is 6.10 Å². The van der Waals surface area contributed by atoms with E-state index in [-0.39, 0.29) is 0 Å². The number of aromatic nitrogens is 2. The third-order valence-corrected chi connectivity index (χ3v) is 3.43. The van der Waals surface area contributed by atoms with Gasteiger partial charge in [-0.05, 0) is 50.4 Å². The van der Waals surface area contributed by atoms with E-state index in [4.69, 9.17) is 4.42 Å². The molecule has 1 N–H and O–H groups in total. The van der Waals surface area contributed by atoms with Gasteiger partial charge in [0.05, 0.1) is 16.4 Å². The van der Waals surface area contributed by atoms with Crippen molar-refractivity contribution < 1.29 is 9.52 Å². The van der Waals surface area contributed by atoms with Crippen molar-refractivity contribution in [3.63, 3.8) is 0 Å². The summed E-state index contributed by atoms with van der Waals surface area (Å²) >= 11 is 6.61. The van der Waals surface area contributed by atoms with Crippen LogP contribution >= 0.6 is 31.9 Å². The number of rotatable bonds is 4. The quantitative estimate of drug-likeness (QED) is 0.904. The molecule has 2 rings (SSSR count). The first-order valence-corrected chi connectivity index (χ1v) is 6.86. The van der Waals surface area contributed by atoms with E-state index in [1.165, 1.54) is 0 Å². The van der Waals surface area contributed by atoms with Crippen LogP contribution in [0.3, 0.4) is 0 Å². The van der Waals surface area contributed by atoms with Crippen LogP contribution in [0.2, 0.25) is 0 Å². The molecule has 0 fully saturated rings. The Hall–Kier alpha value is -0.590. The largest absolute Gasteiger partial charge is 0.451 e. The fourth-order valence-corrected chi connectivity index (χ4v) is 2.48. The van der Waals surface area contributed by atoms with Gasteiger partial charge < -0.3 is 9.52 Å². The zero-order valence-electron chi connectivity index (χ0n) is 9.23. The summed E-state index contributed by atoms with van der Waals surface area (Å²) in [6.07, 6.45) is 1.83. The Balaban J connectivity index is 2.35. The minimum absolute atomic E-state index is 0.496. The number of aryl methyl sites for hydroxylation is 1. The molecule has 2 aromatic rings. The molecule has 0 spiro atoms. The first-order chi connectivity index (χ1) is 8.13. The Morgan fingerprint density at radius 2 is 2.24 bits per heavy atom. The minimum atomic E-state index is -0.815. The third-order valence-electron chi connectivity index (χ3n) is 2.39. The van der Waals surface area contributed by atoms with Crippen LogP contribution in [0.5, 0.6) is 0 Å². The fraction of sp³-hybridized carbons (Fsp3) is 0.364. The number of nitrogens with zero attached hydrogens (tertiary/aromatic N) is 2. The average Bonchev–Trinajstić information content (AvgIpc) is 2.86. The first kappa shape index (κ1) is 12.9. The van der Waals surface area contributed by atoms with E-state index in [1.807, 2.05) is 0 Å². The van der Waals surface area contributed by atoms with Crippen LogP contribution in [0, 0.1) is 0 Å². The fourth-order valence-electron chi connectivity index (χ4n) is 1.64. The lowest BCUT2D eigenvalue weighted by atomic mass is 10.2. The summed E-state index contributed by atoms with van der Waals surface area (Å²) in [5.74, 6) is 0.496. The summed E-state index contributed by atoms with van der Waals surface area (Å²) in [5, 5.41) is 14.5. The zero-order valence-corrected chi connectivity index (χ0v) is 12.4. The van der Waals surface area contributed by atoms with Crippen molar-refractivity contribution in [2.45, 2.75) is 26.0 Å². The van der Waals surface area contributed by atoms with Gasteiger partial charge in [-0.1, -0.05) is 6.92 Å². The lowest BCUT2D eigenvalue weighted by Gasteiger charge is -2.11. The molecule has 0 bridgehead atoms. The van der Waals surface area contributed by atoms with Crippen molar-refractivity contribution >= 4 is 31.9 Å². The van der Waals surface area contributed by atoms with Crippen LogP contribution in [-0.4, -0.2) is 14.9 Å². The monoisotopic (exact) mass is 362 g/mol. The lowest BCUT2D eigenvalue weighted by Crippen LogP contribution is -2.10. The second-order valence-corrected chi connectivity index (χ2v) is 5.28. The highest BCUT2D eigenvalue weighted by Gasteiger charge is 2.22. The van der Waals surface area contributed by atoms with E-state index in [1.54, 1.807) is 23.0 Å². The van der Waals surface area contributed by atoms with E-state index in [0.29, 0.717) is 16.1 Å². The maximum atomic E-state index is 10.3. The molecule has 2 aromatic heterocycles. The summed E-state index contributed by atoms with van der Waals surface area (Å²) in [6.45, 7) is 2.83. The van der Waals surface area contributed by atoms with Gasteiger partial charge in [-0.3, -0.25) is 4.68 Å². The molecule has 0 aliphatic rings. The Labute approximate surface area is 116 Å². The Kier molecular flexibility index (Phi) is 4.06. The van der Waals surface area contributed by atoms with Crippen molar-refractivity contribution in [3.8, 4) is 0 Å². The topological polar surface area (TPSA) is 51.2 Å². The molecular weight excluding hydrogens is 352 g/mol. The van der Waals surface area contributed by atoms with Gasteiger partial charge in [0.2, 0.25) is 0 Å². The van der Waals surface area contributed by atoms with E-state index in [0.717, 1.165) is 17.4 Å². The molecule has 92 valence electrons. The smallest absolute Gasteiger partial charge is 0.169 e. The second kappa shape index (κ2) is 5.37. The summed E-state index contributed by atoms with van der Waals surface area (Å²) in [5.41, 5.74) is 0.716.